The van der Waals surface area contributed by atoms with Crippen molar-refractivity contribution in [1.82, 2.24) is 4.98 Å². The van der Waals surface area contributed by atoms with Gasteiger partial charge in [-0.3, -0.25) is 9.11 Å². The minimum absolute atomic E-state index is 0.00359. The molecule has 0 fully saturated rings. The van der Waals surface area contributed by atoms with E-state index in [0.29, 0.717) is 25.1 Å². The van der Waals surface area contributed by atoms with Crippen LogP contribution in [0.3, 0.4) is 0 Å². The Balaban J connectivity index is 2.00. The number of methoxy groups -OCH3 is 1. The number of aromatic nitrogens is 1. The Labute approximate surface area is 272 Å². The number of benzene rings is 2. The van der Waals surface area contributed by atoms with E-state index in [-0.39, 0.29) is 57.3 Å². The van der Waals surface area contributed by atoms with Gasteiger partial charge in [-0.1, -0.05) is 6.58 Å². The number of azo groups is 2. The third kappa shape index (κ3) is 10.3. The van der Waals surface area contributed by atoms with Gasteiger partial charge in [-0.15, -0.1) is 10.2 Å². The smallest absolute Gasteiger partial charge is 0.296 e. The number of nitrogens with two attached hydrogens (primary N) is 1. The summed E-state index contributed by atoms with van der Waals surface area (Å²) in [7, 11) is -9.54. The van der Waals surface area contributed by atoms with Gasteiger partial charge in [0, 0.05) is 44.8 Å². The molecule has 3 aromatic rings. The third-order valence-corrected chi connectivity index (χ3v) is 9.49. The molecular formula is C27H34N8O9S3. The molecule has 5 N–H and O–H groups in total. The summed E-state index contributed by atoms with van der Waals surface area (Å²) in [5.41, 5.74) is 7.07. The second kappa shape index (κ2) is 15.5. The highest BCUT2D eigenvalue weighted by atomic mass is 32.2. The fraction of sp³-hybridized carbons (Fsp3) is 0.296. The van der Waals surface area contributed by atoms with Gasteiger partial charge < -0.3 is 20.7 Å². The van der Waals surface area contributed by atoms with E-state index in [1.807, 2.05) is 0 Å². The quantitative estimate of drug-likeness (QED) is 0.0891. The molecule has 0 spiro atoms. The van der Waals surface area contributed by atoms with E-state index in [2.05, 4.69) is 37.3 Å². The molecule has 2 aromatic carbocycles. The summed E-state index contributed by atoms with van der Waals surface area (Å²) >= 11 is 0. The molecule has 20 heteroatoms. The number of nitrogen functional groups attached to an aromatic ring is 1. The Morgan fingerprint density at radius 2 is 1.62 bits per heavy atom. The lowest BCUT2D eigenvalue weighted by Gasteiger charge is -2.23. The van der Waals surface area contributed by atoms with Crippen LogP contribution in [0.4, 0.5) is 40.1 Å². The molecule has 254 valence electrons. The Hall–Kier alpha value is -4.34. The molecule has 0 saturated heterocycles. The summed E-state index contributed by atoms with van der Waals surface area (Å²) in [6, 6.07) is 8.37. The lowest BCUT2D eigenvalue weighted by molar-refractivity contribution is 0.198. The van der Waals surface area contributed by atoms with Crippen molar-refractivity contribution in [1.29, 1.82) is 0 Å². The Kier molecular flexibility index (Phi) is 12.2. The largest absolute Gasteiger partial charge is 0.395 e. The van der Waals surface area contributed by atoms with Crippen molar-refractivity contribution in [2.45, 2.75) is 23.1 Å². The standard InChI is InChI=1S/C27H34N8O9S3/c1-5-45(36,37)16-14-35(3)27-24(28)18(2)25(26(30-27)29-13-6-15-44-4)34-33-22-12-9-20(17-23(22)47(41,42)43)32-31-19-7-10-21(11-8-19)46(38,39)40/h5,7-12,17H,1,6,13-16,28H2,2-4H3,(H,29,30)(H,38,39,40)(H,41,42,43)/b32-31+,34-33+. The first kappa shape index (κ1) is 37.1. The van der Waals surface area contributed by atoms with Gasteiger partial charge in [-0.25, -0.2) is 13.4 Å². The van der Waals surface area contributed by atoms with E-state index in [4.69, 9.17) is 15.0 Å². The Bertz CT molecular complexity index is 2000. The summed E-state index contributed by atoms with van der Waals surface area (Å²) < 4.78 is 95.0. The average Bonchev–Trinajstić information content (AvgIpc) is 3.01. The van der Waals surface area contributed by atoms with Gasteiger partial charge >= 0.3 is 0 Å². The molecular weight excluding hydrogens is 677 g/mol. The van der Waals surface area contributed by atoms with Crippen LogP contribution in [0.25, 0.3) is 0 Å². The van der Waals surface area contributed by atoms with Gasteiger partial charge in [0.05, 0.1) is 27.7 Å². The second-order valence-corrected chi connectivity index (χ2v) is 14.8. The first-order valence-electron chi connectivity index (χ1n) is 13.6. The van der Waals surface area contributed by atoms with Gasteiger partial charge in [0.15, 0.2) is 21.5 Å². The normalized spacial score (nSPS) is 12.5. The van der Waals surface area contributed by atoms with Crippen molar-refractivity contribution in [3.05, 3.63) is 60.0 Å². The number of pyridine rings is 1. The molecule has 0 saturated carbocycles. The highest BCUT2D eigenvalue weighted by molar-refractivity contribution is 7.94. The van der Waals surface area contributed by atoms with Gasteiger partial charge in [0.1, 0.15) is 16.3 Å². The highest BCUT2D eigenvalue weighted by Gasteiger charge is 2.21. The first-order chi connectivity index (χ1) is 22.0. The third-order valence-electron chi connectivity index (χ3n) is 6.48. The summed E-state index contributed by atoms with van der Waals surface area (Å²) in [6.45, 7) is 5.86. The second-order valence-electron chi connectivity index (χ2n) is 9.90. The average molecular weight is 711 g/mol. The molecule has 0 aliphatic heterocycles. The van der Waals surface area contributed by atoms with Crippen LogP contribution < -0.4 is 16.0 Å². The van der Waals surface area contributed by atoms with Crippen molar-refractivity contribution in [3.8, 4) is 0 Å². The van der Waals surface area contributed by atoms with Crippen LogP contribution >= 0.6 is 0 Å². The van der Waals surface area contributed by atoms with Crippen LogP contribution in [-0.4, -0.2) is 78.9 Å². The van der Waals surface area contributed by atoms with Crippen LogP contribution in [0.5, 0.6) is 0 Å². The molecule has 0 aliphatic rings. The predicted molar refractivity (Wildman–Crippen MR) is 176 cm³/mol. The molecule has 47 heavy (non-hydrogen) atoms. The van der Waals surface area contributed by atoms with Crippen LogP contribution in [0.1, 0.15) is 12.0 Å². The van der Waals surface area contributed by atoms with E-state index in [1.165, 1.54) is 24.3 Å². The number of nitrogens with zero attached hydrogens (tertiary/aromatic N) is 6. The first-order valence-corrected chi connectivity index (χ1v) is 18.2. The van der Waals surface area contributed by atoms with E-state index in [1.54, 1.807) is 26.0 Å². The minimum atomic E-state index is -4.84. The van der Waals surface area contributed by atoms with Crippen molar-refractivity contribution in [2.24, 2.45) is 20.5 Å². The molecule has 0 atom stereocenters. The minimum Gasteiger partial charge on any atom is -0.395 e. The van der Waals surface area contributed by atoms with Gasteiger partial charge in [0.2, 0.25) is 0 Å². The Morgan fingerprint density at radius 1 is 0.979 bits per heavy atom. The molecule has 0 radical (unpaired) electrons. The number of hydrogen-bond acceptors (Lipinski definition) is 15. The molecule has 0 aliphatic carbocycles. The number of hydrogen-bond donors (Lipinski definition) is 4. The van der Waals surface area contributed by atoms with Crippen LogP contribution in [0.15, 0.2) is 84.7 Å². The SMILES string of the molecule is C=CS(=O)(=O)CCN(C)c1nc(NCCCOC)c(/N=N/c2ccc(/N=N/c3ccc(S(=O)(=O)O)cc3)cc2S(=O)(=O)O)c(C)c1N. The monoisotopic (exact) mass is 710 g/mol. The van der Waals surface area contributed by atoms with E-state index >= 15 is 0 Å². The van der Waals surface area contributed by atoms with E-state index in [0.717, 1.165) is 23.6 Å². The maximum absolute atomic E-state index is 12.3. The molecule has 0 amide bonds. The number of sulfone groups is 1. The lowest BCUT2D eigenvalue weighted by Crippen LogP contribution is -2.27. The van der Waals surface area contributed by atoms with Gasteiger partial charge in [0.25, 0.3) is 20.2 Å². The zero-order valence-corrected chi connectivity index (χ0v) is 28.0. The zero-order valence-electron chi connectivity index (χ0n) is 25.6. The maximum Gasteiger partial charge on any atom is 0.296 e. The van der Waals surface area contributed by atoms with Crippen molar-refractivity contribution in [2.75, 3.05) is 55.6 Å². The maximum atomic E-state index is 12.3. The summed E-state index contributed by atoms with van der Waals surface area (Å²) in [5, 5.41) is 20.1. The van der Waals surface area contributed by atoms with E-state index < -0.39 is 35.0 Å². The fourth-order valence-corrected chi connectivity index (χ4v) is 5.68. The van der Waals surface area contributed by atoms with Crippen LogP contribution in [0.2, 0.25) is 0 Å². The van der Waals surface area contributed by atoms with Gasteiger partial charge in [-0.05, 0) is 55.8 Å². The van der Waals surface area contributed by atoms with Crippen LogP contribution in [0, 0.1) is 6.92 Å². The fourth-order valence-electron chi connectivity index (χ4n) is 3.86. The van der Waals surface area contributed by atoms with Crippen molar-refractivity contribution >= 4 is 70.1 Å². The van der Waals surface area contributed by atoms with Crippen molar-refractivity contribution in [3.63, 3.8) is 0 Å². The topological polar surface area (TPSA) is 256 Å². The number of rotatable bonds is 16. The van der Waals surface area contributed by atoms with Crippen LogP contribution in [-0.2, 0) is 34.8 Å². The summed E-state index contributed by atoms with van der Waals surface area (Å²) in [4.78, 5) is 5.15. The van der Waals surface area contributed by atoms with E-state index in [9.17, 15) is 29.8 Å². The van der Waals surface area contributed by atoms with Gasteiger partial charge in [-0.2, -0.15) is 27.1 Å². The number of nitrogens with one attached hydrogen (secondary N) is 1. The molecule has 3 rings (SSSR count). The molecule has 0 bridgehead atoms. The predicted octanol–water partition coefficient (Wildman–Crippen LogP) is 4.74. The molecule has 17 nitrogen and oxygen atoms in total. The highest BCUT2D eigenvalue weighted by Crippen LogP contribution is 2.39. The molecule has 1 heterocycles. The lowest BCUT2D eigenvalue weighted by atomic mass is 10.2. The number of ether oxygens (including phenoxy) is 1. The van der Waals surface area contributed by atoms with Crippen molar-refractivity contribution < 1.29 is 39.1 Å². The zero-order chi connectivity index (χ0) is 35.0. The summed E-state index contributed by atoms with van der Waals surface area (Å²) in [5.74, 6) is 0.277. The molecule has 0 unspecified atom stereocenters. The number of anilines is 3. The molecule has 1 aromatic heterocycles. The Morgan fingerprint density at radius 3 is 2.21 bits per heavy atom. The summed E-state index contributed by atoms with van der Waals surface area (Å²) in [6.07, 6.45) is 0.592.